The molecule has 2 N–H and O–H groups in total. The first-order valence-corrected chi connectivity index (χ1v) is 7.73. The minimum absolute atomic E-state index is 0.413. The number of hydrogen-bond donors (Lipinski definition) is 1. The van der Waals surface area contributed by atoms with Gasteiger partial charge in [0.2, 0.25) is 0 Å². The van der Waals surface area contributed by atoms with Crippen LogP contribution in [0.1, 0.15) is 22.9 Å². The number of nitrogens with two attached hydrogens (primary N) is 1. The third-order valence-electron chi connectivity index (χ3n) is 3.13. The number of benzene rings is 1. The molecule has 0 bridgehead atoms. The Kier molecular flexibility index (Phi) is 5.82. The van der Waals surface area contributed by atoms with Gasteiger partial charge in [0.25, 0.3) is 0 Å². The summed E-state index contributed by atoms with van der Waals surface area (Å²) in [5, 5.41) is 2.10. The summed E-state index contributed by atoms with van der Waals surface area (Å²) >= 11 is 1.77. The van der Waals surface area contributed by atoms with Crippen LogP contribution in [0.5, 0.6) is 0 Å². The van der Waals surface area contributed by atoms with Crippen LogP contribution in [0.15, 0.2) is 41.8 Å². The lowest BCUT2D eigenvalue weighted by molar-refractivity contribution is 0.273. The maximum absolute atomic E-state index is 5.44. The van der Waals surface area contributed by atoms with E-state index in [2.05, 4.69) is 65.4 Å². The molecule has 0 amide bonds. The molecule has 104 valence electrons. The van der Waals surface area contributed by atoms with E-state index in [4.69, 9.17) is 5.73 Å². The third-order valence-corrected chi connectivity index (χ3v) is 4.04. The monoisotopic (exact) mass is 284 g/mol. The summed E-state index contributed by atoms with van der Waals surface area (Å²) in [5.41, 5.74) is 7.91. The highest BCUT2D eigenvalue weighted by molar-refractivity contribution is 7.10. The lowest BCUT2D eigenvalue weighted by atomic mass is 10.2. The lowest BCUT2D eigenvalue weighted by Gasteiger charge is -2.20. The molecule has 0 aliphatic heterocycles. The van der Waals surface area contributed by atoms with Crippen LogP contribution >= 0.6 is 11.3 Å². The molecule has 0 spiro atoms. The van der Waals surface area contributed by atoms with Gasteiger partial charge in [0.15, 0.2) is 0 Å². The molecule has 2 nitrogen and oxygen atoms in total. The van der Waals surface area contributed by atoms with Crippen LogP contribution in [0.4, 0.5) is 0 Å². The zero-order chi connectivity index (χ0) is 14.2. The van der Waals surface area contributed by atoms with Crippen molar-refractivity contribution in [3.8, 4) is 11.8 Å². The molecule has 20 heavy (non-hydrogen) atoms. The molecule has 1 heterocycles. The summed E-state index contributed by atoms with van der Waals surface area (Å²) in [7, 11) is 0. The maximum Gasteiger partial charge on any atom is 0.0555 e. The fourth-order valence-electron chi connectivity index (χ4n) is 2.04. The van der Waals surface area contributed by atoms with Crippen molar-refractivity contribution in [2.75, 3.05) is 13.1 Å². The number of hydrogen-bond acceptors (Lipinski definition) is 3. The lowest BCUT2D eigenvalue weighted by Crippen LogP contribution is -2.22. The molecule has 2 rings (SSSR count). The van der Waals surface area contributed by atoms with Gasteiger partial charge in [-0.15, -0.1) is 11.3 Å². The number of nitrogens with zero attached hydrogens (tertiary/aromatic N) is 1. The van der Waals surface area contributed by atoms with Gasteiger partial charge in [0, 0.05) is 23.5 Å². The molecule has 1 aromatic heterocycles. The highest BCUT2D eigenvalue weighted by Crippen LogP contribution is 2.19. The SMILES string of the molecule is CCN(Cc1ccccc1)Cc1sccc1C#CCN. The number of rotatable bonds is 5. The van der Waals surface area contributed by atoms with E-state index in [1.165, 1.54) is 10.4 Å². The average molecular weight is 284 g/mol. The van der Waals surface area contributed by atoms with E-state index in [1.807, 2.05) is 0 Å². The minimum Gasteiger partial charge on any atom is -0.320 e. The normalized spacial score (nSPS) is 10.3. The van der Waals surface area contributed by atoms with Gasteiger partial charge >= 0.3 is 0 Å². The third kappa shape index (κ3) is 4.21. The van der Waals surface area contributed by atoms with Crippen LogP contribution < -0.4 is 5.73 Å². The van der Waals surface area contributed by atoms with Crippen LogP contribution in [-0.4, -0.2) is 18.0 Å². The van der Waals surface area contributed by atoms with Gasteiger partial charge in [-0.25, -0.2) is 0 Å². The second-order valence-electron chi connectivity index (χ2n) is 4.55. The molecule has 0 saturated heterocycles. The van der Waals surface area contributed by atoms with E-state index < -0.39 is 0 Å². The van der Waals surface area contributed by atoms with Crippen molar-refractivity contribution in [3.63, 3.8) is 0 Å². The largest absolute Gasteiger partial charge is 0.320 e. The van der Waals surface area contributed by atoms with Crippen molar-refractivity contribution in [1.29, 1.82) is 0 Å². The van der Waals surface area contributed by atoms with E-state index in [0.29, 0.717) is 6.54 Å². The second-order valence-corrected chi connectivity index (χ2v) is 5.55. The van der Waals surface area contributed by atoms with Crippen molar-refractivity contribution in [1.82, 2.24) is 4.90 Å². The quantitative estimate of drug-likeness (QED) is 0.855. The zero-order valence-corrected chi connectivity index (χ0v) is 12.6. The summed E-state index contributed by atoms with van der Waals surface area (Å²) in [4.78, 5) is 3.75. The minimum atomic E-state index is 0.413. The molecule has 1 aromatic carbocycles. The molecule has 0 aliphatic carbocycles. The fraction of sp³-hybridized carbons (Fsp3) is 0.294. The first-order chi connectivity index (χ1) is 9.83. The Labute approximate surface area is 125 Å². The molecule has 0 saturated carbocycles. The highest BCUT2D eigenvalue weighted by Gasteiger charge is 2.08. The fourth-order valence-corrected chi connectivity index (χ4v) is 2.92. The van der Waals surface area contributed by atoms with Gasteiger partial charge < -0.3 is 5.73 Å². The molecular weight excluding hydrogens is 264 g/mol. The zero-order valence-electron chi connectivity index (χ0n) is 11.8. The molecule has 0 radical (unpaired) electrons. The Hall–Kier alpha value is -1.60. The summed E-state index contributed by atoms with van der Waals surface area (Å²) in [6, 6.07) is 12.7. The summed E-state index contributed by atoms with van der Waals surface area (Å²) in [6.07, 6.45) is 0. The van der Waals surface area contributed by atoms with Gasteiger partial charge in [0.05, 0.1) is 6.54 Å². The van der Waals surface area contributed by atoms with Crippen molar-refractivity contribution in [3.05, 3.63) is 57.8 Å². The predicted octanol–water partition coefficient (Wildman–Crippen LogP) is 3.08. The van der Waals surface area contributed by atoms with Gasteiger partial charge in [-0.1, -0.05) is 49.1 Å². The van der Waals surface area contributed by atoms with Gasteiger partial charge in [0.1, 0.15) is 0 Å². The molecule has 2 aromatic rings. The standard InChI is InChI=1S/C17H20N2S/c1-2-19(13-15-7-4-3-5-8-15)14-17-16(9-6-11-18)10-12-20-17/h3-5,7-8,10,12H,2,11,13-14,18H2,1H3. The Balaban J connectivity index is 2.05. The van der Waals surface area contributed by atoms with E-state index >= 15 is 0 Å². The van der Waals surface area contributed by atoms with Crippen molar-refractivity contribution in [2.45, 2.75) is 20.0 Å². The molecule has 0 aliphatic rings. The van der Waals surface area contributed by atoms with Gasteiger partial charge in [-0.3, -0.25) is 4.90 Å². The Morgan fingerprint density at radius 1 is 1.15 bits per heavy atom. The first kappa shape index (κ1) is 14.8. The predicted molar refractivity (Wildman–Crippen MR) is 86.5 cm³/mol. The molecule has 0 fully saturated rings. The Morgan fingerprint density at radius 3 is 2.65 bits per heavy atom. The van der Waals surface area contributed by atoms with Crippen LogP contribution in [0.2, 0.25) is 0 Å². The van der Waals surface area contributed by atoms with Gasteiger partial charge in [-0.05, 0) is 23.6 Å². The van der Waals surface area contributed by atoms with E-state index in [1.54, 1.807) is 11.3 Å². The van der Waals surface area contributed by atoms with Crippen LogP contribution in [0, 0.1) is 11.8 Å². The van der Waals surface area contributed by atoms with Gasteiger partial charge in [-0.2, -0.15) is 0 Å². The molecule has 0 unspecified atom stereocenters. The Bertz CT molecular complexity index is 578. The van der Waals surface area contributed by atoms with Crippen molar-refractivity contribution >= 4 is 11.3 Å². The topological polar surface area (TPSA) is 29.3 Å². The average Bonchev–Trinajstić information content (AvgIpc) is 2.92. The van der Waals surface area contributed by atoms with Crippen LogP contribution in [-0.2, 0) is 13.1 Å². The maximum atomic E-state index is 5.44. The van der Waals surface area contributed by atoms with E-state index in [0.717, 1.165) is 25.2 Å². The van der Waals surface area contributed by atoms with Crippen molar-refractivity contribution < 1.29 is 0 Å². The smallest absolute Gasteiger partial charge is 0.0555 e. The van der Waals surface area contributed by atoms with E-state index in [-0.39, 0.29) is 0 Å². The first-order valence-electron chi connectivity index (χ1n) is 6.85. The van der Waals surface area contributed by atoms with E-state index in [9.17, 15) is 0 Å². The molecule has 3 heteroatoms. The molecular formula is C17H20N2S. The number of thiophene rings is 1. The van der Waals surface area contributed by atoms with Crippen LogP contribution in [0.3, 0.4) is 0 Å². The summed E-state index contributed by atoms with van der Waals surface area (Å²) in [6.45, 7) is 5.55. The summed E-state index contributed by atoms with van der Waals surface area (Å²) < 4.78 is 0. The van der Waals surface area contributed by atoms with Crippen LogP contribution in [0.25, 0.3) is 0 Å². The second kappa shape index (κ2) is 7.86. The Morgan fingerprint density at radius 2 is 1.95 bits per heavy atom. The summed E-state index contributed by atoms with van der Waals surface area (Å²) in [5.74, 6) is 6.09. The van der Waals surface area contributed by atoms with Crippen molar-refractivity contribution in [2.24, 2.45) is 5.73 Å². The highest BCUT2D eigenvalue weighted by atomic mass is 32.1. The molecule has 0 atom stereocenters.